The van der Waals surface area contributed by atoms with Crippen molar-refractivity contribution in [3.8, 4) is 0 Å². The molecule has 292 valence electrons. The molecule has 1 aliphatic heterocycles. The van der Waals surface area contributed by atoms with Crippen LogP contribution in [-0.2, 0) is 19.2 Å². The summed E-state index contributed by atoms with van der Waals surface area (Å²) >= 11 is 0. The topological polar surface area (TPSA) is 149 Å². The fourth-order valence-corrected chi connectivity index (χ4v) is 8.77. The van der Waals surface area contributed by atoms with Gasteiger partial charge in [-0.05, 0) is 31.1 Å². The van der Waals surface area contributed by atoms with Crippen molar-refractivity contribution in [3.63, 3.8) is 0 Å². The van der Waals surface area contributed by atoms with Crippen LogP contribution in [0, 0.1) is 11.8 Å². The van der Waals surface area contributed by atoms with Gasteiger partial charge >= 0.3 is 0 Å². The third-order valence-electron chi connectivity index (χ3n) is 10.8. The van der Waals surface area contributed by atoms with Crippen molar-refractivity contribution in [1.82, 2.24) is 0 Å². The molecule has 49 heavy (non-hydrogen) atoms. The van der Waals surface area contributed by atoms with E-state index in [9.17, 15) is 29.7 Å². The van der Waals surface area contributed by atoms with Crippen molar-refractivity contribution < 1.29 is 39.2 Å². The molecule has 1 heterocycles. The predicted octanol–water partition coefficient (Wildman–Crippen LogP) is 7.28. The summed E-state index contributed by atoms with van der Waals surface area (Å²) < 4.78 is 29.5. The minimum atomic E-state index is -2.59. The van der Waals surface area contributed by atoms with Crippen LogP contribution in [0.2, 0.25) is 0 Å². The number of nitrogens with zero attached hydrogens (tertiary/aromatic N) is 1. The number of unbranched alkanes of at least 4 members (excludes halogenated alkanes) is 19. The van der Waals surface area contributed by atoms with Gasteiger partial charge in [0.1, 0.15) is 30.5 Å². The molecule has 10 atom stereocenters. The fraction of sp³-hybridized carbons (Fsp3) is 1.00. The number of hydrogen-bond donors (Lipinski definition) is 5. The van der Waals surface area contributed by atoms with Gasteiger partial charge in [0.05, 0.1) is 19.3 Å². The first-order valence-electron chi connectivity index (χ1n) is 20.4. The Hall–Kier alpha value is -0.330. The largest absolute Gasteiger partial charge is 0.394 e. The summed E-state index contributed by atoms with van der Waals surface area (Å²) in [6, 6.07) is -0.791. The lowest BCUT2D eigenvalue weighted by atomic mass is 9.99. The highest BCUT2D eigenvalue weighted by molar-refractivity contribution is 7.92. The molecule has 0 bridgehead atoms. The molecule has 0 aromatic carbocycles. The second-order valence-electron chi connectivity index (χ2n) is 15.6. The van der Waals surface area contributed by atoms with Gasteiger partial charge in [-0.25, -0.2) is 4.36 Å². The predicted molar refractivity (Wildman–Crippen MR) is 200 cm³/mol. The number of ether oxygens (including phenoxy) is 2. The van der Waals surface area contributed by atoms with Crippen LogP contribution in [0.15, 0.2) is 4.36 Å². The summed E-state index contributed by atoms with van der Waals surface area (Å²) in [5.74, 6) is 2.40. The number of aliphatic hydroxyl groups is 5. The van der Waals surface area contributed by atoms with E-state index in [4.69, 9.17) is 9.47 Å². The maximum atomic E-state index is 13.6. The third-order valence-corrected chi connectivity index (χ3v) is 12.6. The van der Waals surface area contributed by atoms with Crippen molar-refractivity contribution in [2.24, 2.45) is 16.2 Å². The van der Waals surface area contributed by atoms with Crippen LogP contribution in [-0.4, -0.2) is 97.8 Å². The highest BCUT2D eigenvalue weighted by Gasteiger charge is 2.44. The molecule has 2 fully saturated rings. The molecule has 1 saturated heterocycles. The lowest BCUT2D eigenvalue weighted by molar-refractivity contribution is -0.302. The Bertz CT molecular complexity index is 929. The van der Waals surface area contributed by atoms with Crippen molar-refractivity contribution in [2.75, 3.05) is 25.2 Å². The highest BCUT2D eigenvalue weighted by Crippen LogP contribution is 2.41. The molecule has 10 heteroatoms. The summed E-state index contributed by atoms with van der Waals surface area (Å²) in [5.41, 5.74) is 0. The van der Waals surface area contributed by atoms with Crippen LogP contribution in [0.3, 0.4) is 0 Å². The van der Waals surface area contributed by atoms with Gasteiger partial charge in [-0.2, -0.15) is 0 Å². The second-order valence-corrected chi connectivity index (χ2v) is 18.1. The molecule has 0 spiro atoms. The van der Waals surface area contributed by atoms with Crippen molar-refractivity contribution in [3.05, 3.63) is 0 Å². The van der Waals surface area contributed by atoms with Crippen LogP contribution >= 0.6 is 0 Å². The Morgan fingerprint density at radius 2 is 1.24 bits per heavy atom. The molecular formula is C39H77NO8S. The van der Waals surface area contributed by atoms with E-state index in [0.717, 1.165) is 50.4 Å². The molecule has 8 unspecified atom stereocenters. The smallest absolute Gasteiger partial charge is 0.186 e. The van der Waals surface area contributed by atoms with Gasteiger partial charge < -0.3 is 35.0 Å². The van der Waals surface area contributed by atoms with E-state index in [1.54, 1.807) is 6.26 Å². The molecule has 0 aromatic rings. The monoisotopic (exact) mass is 720 g/mol. The molecule has 9 nitrogen and oxygen atoms in total. The van der Waals surface area contributed by atoms with Crippen molar-refractivity contribution in [2.45, 2.75) is 211 Å². The van der Waals surface area contributed by atoms with E-state index in [0.29, 0.717) is 12.2 Å². The molecule has 1 aliphatic carbocycles. The highest BCUT2D eigenvalue weighted by atomic mass is 32.2. The van der Waals surface area contributed by atoms with Gasteiger partial charge in [-0.3, -0.25) is 4.21 Å². The van der Waals surface area contributed by atoms with Gasteiger partial charge in [0.15, 0.2) is 6.29 Å². The van der Waals surface area contributed by atoms with E-state index in [2.05, 4.69) is 18.2 Å². The molecule has 2 aliphatic rings. The maximum absolute atomic E-state index is 13.6. The van der Waals surface area contributed by atoms with Crippen LogP contribution < -0.4 is 0 Å². The fourth-order valence-electron chi connectivity index (χ4n) is 7.15. The number of hydrogen-bond acceptors (Lipinski definition) is 9. The Morgan fingerprint density at radius 3 is 1.76 bits per heavy atom. The van der Waals surface area contributed by atoms with Gasteiger partial charge in [-0.1, -0.05) is 149 Å². The lowest BCUT2D eigenvalue weighted by Gasteiger charge is -2.40. The average molecular weight is 720 g/mol. The van der Waals surface area contributed by atoms with Crippen LogP contribution in [0.1, 0.15) is 168 Å². The molecule has 0 radical (unpaired) electrons. The van der Waals surface area contributed by atoms with Crippen LogP contribution in [0.25, 0.3) is 0 Å². The molecule has 1 saturated carbocycles. The molecule has 0 aromatic heterocycles. The Morgan fingerprint density at radius 1 is 0.755 bits per heavy atom. The Kier molecular flexibility index (Phi) is 24.2. The summed E-state index contributed by atoms with van der Waals surface area (Å²) in [5, 5.41) is 51.4. The lowest BCUT2D eigenvalue weighted by Crippen LogP contribution is -2.59. The average Bonchev–Trinajstić information content (AvgIpc) is 3.79. The first kappa shape index (κ1) is 44.8. The van der Waals surface area contributed by atoms with Gasteiger partial charge in [0.25, 0.3) is 0 Å². The molecule has 5 N–H and O–H groups in total. The standard InChI is InChI=1S/C39H77NO8S/c1-4-5-6-7-8-9-10-11-12-13-17-20-23-26-34(42)33(30-47-39-38(45)37(44)36(43)35(29-41)48-39)40-49(3,46)27-24-21-18-15-14-16-19-22-25-32-28-31(32)2/h31-39,41-45H,4-30H2,1-3H3/t31?,32?,33-,34+,35?,36?,37?,38?,39?,49?/m0/s1. The minimum absolute atomic E-state index is 0.160. The Balaban J connectivity index is 1.76. The van der Waals surface area contributed by atoms with E-state index < -0.39 is 59.2 Å². The van der Waals surface area contributed by atoms with Crippen molar-refractivity contribution >= 4 is 9.73 Å². The normalized spacial score (nSPS) is 27.9. The summed E-state index contributed by atoms with van der Waals surface area (Å²) in [7, 11) is -2.59. The summed E-state index contributed by atoms with van der Waals surface area (Å²) in [4.78, 5) is 0. The number of rotatable bonds is 31. The zero-order chi connectivity index (χ0) is 35.9. The van der Waals surface area contributed by atoms with Crippen molar-refractivity contribution in [1.29, 1.82) is 0 Å². The zero-order valence-corrected chi connectivity index (χ0v) is 32.4. The zero-order valence-electron chi connectivity index (χ0n) is 31.6. The maximum Gasteiger partial charge on any atom is 0.186 e. The summed E-state index contributed by atoms with van der Waals surface area (Å²) in [6.45, 7) is 3.89. The van der Waals surface area contributed by atoms with Crippen LogP contribution in [0.4, 0.5) is 0 Å². The molecular weight excluding hydrogens is 642 g/mol. The Labute approximate surface area is 300 Å². The number of aliphatic hydroxyl groups excluding tert-OH is 5. The van der Waals surface area contributed by atoms with Gasteiger partial charge in [0.2, 0.25) is 0 Å². The first-order valence-corrected chi connectivity index (χ1v) is 22.5. The third kappa shape index (κ3) is 19.9. The first-order chi connectivity index (χ1) is 23.6. The van der Waals surface area contributed by atoms with E-state index >= 15 is 0 Å². The minimum Gasteiger partial charge on any atom is -0.394 e. The van der Waals surface area contributed by atoms with Gasteiger partial charge in [0, 0.05) is 21.7 Å². The van der Waals surface area contributed by atoms with E-state index in [-0.39, 0.29) is 6.61 Å². The SMILES string of the molecule is CCCCCCCCCCCCCCC[C@@H](O)[C@H](COC1OC(CO)C(O)C(O)C1O)N=S(C)(=O)CCCCCCCCCCC1CC1C. The van der Waals surface area contributed by atoms with Gasteiger partial charge in [-0.15, -0.1) is 0 Å². The van der Waals surface area contributed by atoms with E-state index in [1.165, 1.54) is 109 Å². The van der Waals surface area contributed by atoms with Crippen LogP contribution in [0.5, 0.6) is 0 Å². The van der Waals surface area contributed by atoms with E-state index in [1.807, 2.05) is 0 Å². The summed E-state index contributed by atoms with van der Waals surface area (Å²) in [6.07, 6.45) is 22.6. The quantitative estimate of drug-likeness (QED) is 0.0470. The molecule has 2 rings (SSSR count). The second kappa shape index (κ2) is 26.4. The molecule has 0 amide bonds.